The minimum atomic E-state index is -0.130. The van der Waals surface area contributed by atoms with Gasteiger partial charge in [0.1, 0.15) is 0 Å². The van der Waals surface area contributed by atoms with Crippen molar-refractivity contribution in [1.82, 2.24) is 10.2 Å². The fraction of sp³-hybridized carbons (Fsp3) is 0.591. The van der Waals surface area contributed by atoms with Crippen LogP contribution < -0.4 is 5.32 Å². The number of amides is 2. The van der Waals surface area contributed by atoms with Crippen molar-refractivity contribution in [3.63, 3.8) is 0 Å². The highest BCUT2D eigenvalue weighted by Crippen LogP contribution is 2.19. The van der Waals surface area contributed by atoms with Crippen LogP contribution in [-0.4, -0.2) is 42.1 Å². The van der Waals surface area contributed by atoms with Crippen molar-refractivity contribution in [2.75, 3.05) is 19.6 Å². The summed E-state index contributed by atoms with van der Waals surface area (Å²) in [5.41, 5.74) is 2.90. The molecule has 0 bridgehead atoms. The molecule has 1 heterocycles. The predicted molar refractivity (Wildman–Crippen MR) is 107 cm³/mol. The Bertz CT molecular complexity index is 684. The number of piperidine rings is 1. The summed E-state index contributed by atoms with van der Waals surface area (Å²) in [5, 5.41) is 2.96. The van der Waals surface area contributed by atoms with Crippen LogP contribution in [0.15, 0.2) is 18.2 Å². The quantitative estimate of drug-likeness (QED) is 0.562. The van der Waals surface area contributed by atoms with E-state index in [1.54, 1.807) is 4.90 Å². The van der Waals surface area contributed by atoms with E-state index in [1.165, 1.54) is 0 Å². The second-order valence-corrected chi connectivity index (χ2v) is 7.55. The standard InChI is InChI=1S/C22H32N2O3/c1-4-5-12-23-22(27)19-7-6-13-24(15-19)21(26)11-10-20(25)18-9-8-16(2)17(3)14-18/h8-9,14,19H,4-7,10-13,15H2,1-3H3,(H,23,27). The molecule has 1 aromatic carbocycles. The van der Waals surface area contributed by atoms with E-state index in [0.29, 0.717) is 25.2 Å². The lowest BCUT2D eigenvalue weighted by molar-refractivity contribution is -0.135. The molecule has 5 nitrogen and oxygen atoms in total. The lowest BCUT2D eigenvalue weighted by Gasteiger charge is -2.32. The average Bonchev–Trinajstić information content (AvgIpc) is 2.68. The van der Waals surface area contributed by atoms with Crippen molar-refractivity contribution < 1.29 is 14.4 Å². The zero-order valence-electron chi connectivity index (χ0n) is 16.8. The maximum Gasteiger partial charge on any atom is 0.224 e. The first kappa shape index (κ1) is 21.1. The number of nitrogens with zero attached hydrogens (tertiary/aromatic N) is 1. The summed E-state index contributed by atoms with van der Waals surface area (Å²) >= 11 is 0. The number of nitrogens with one attached hydrogen (secondary N) is 1. The van der Waals surface area contributed by atoms with Crippen LogP contribution in [0.1, 0.15) is 66.9 Å². The molecule has 1 aliphatic rings. The van der Waals surface area contributed by atoms with Gasteiger partial charge in [-0.25, -0.2) is 0 Å². The Kier molecular flexibility index (Phi) is 8.01. The van der Waals surface area contributed by atoms with E-state index in [-0.39, 0.29) is 36.4 Å². The number of carbonyl (C=O) groups is 3. The highest BCUT2D eigenvalue weighted by Gasteiger charge is 2.28. The minimum Gasteiger partial charge on any atom is -0.356 e. The molecular formula is C22H32N2O3. The van der Waals surface area contributed by atoms with Gasteiger partial charge in [-0.05, 0) is 50.3 Å². The van der Waals surface area contributed by atoms with Crippen molar-refractivity contribution in [3.8, 4) is 0 Å². The number of Topliss-reactive ketones (excluding diaryl/α,β-unsaturated/α-hetero) is 1. The number of hydrogen-bond acceptors (Lipinski definition) is 3. The molecule has 2 amide bonds. The van der Waals surface area contributed by atoms with Crippen LogP contribution in [0, 0.1) is 19.8 Å². The van der Waals surface area contributed by atoms with E-state index in [1.807, 2.05) is 32.0 Å². The smallest absolute Gasteiger partial charge is 0.224 e. The third-order valence-electron chi connectivity index (χ3n) is 5.37. The van der Waals surface area contributed by atoms with Crippen molar-refractivity contribution in [2.45, 2.75) is 59.3 Å². The lowest BCUT2D eigenvalue weighted by atomic mass is 9.96. The molecule has 5 heteroatoms. The molecule has 2 rings (SSSR count). The maximum atomic E-state index is 12.5. The molecule has 1 saturated heterocycles. The first-order chi connectivity index (χ1) is 12.9. The number of hydrogen-bond donors (Lipinski definition) is 1. The van der Waals surface area contributed by atoms with E-state index in [0.717, 1.165) is 36.8 Å². The molecule has 0 saturated carbocycles. The number of benzene rings is 1. The van der Waals surface area contributed by atoms with Crippen molar-refractivity contribution >= 4 is 17.6 Å². The SMILES string of the molecule is CCCCNC(=O)C1CCCN(C(=O)CCC(=O)c2ccc(C)c(C)c2)C1. The molecular weight excluding hydrogens is 340 g/mol. The van der Waals surface area contributed by atoms with Crippen LogP contribution >= 0.6 is 0 Å². The van der Waals surface area contributed by atoms with Gasteiger partial charge in [0.05, 0.1) is 5.92 Å². The first-order valence-corrected chi connectivity index (χ1v) is 10.1. The summed E-state index contributed by atoms with van der Waals surface area (Å²) in [5.74, 6) is -0.113. The maximum absolute atomic E-state index is 12.5. The second-order valence-electron chi connectivity index (χ2n) is 7.55. The van der Waals surface area contributed by atoms with Gasteiger partial charge in [-0.1, -0.05) is 25.5 Å². The van der Waals surface area contributed by atoms with Gasteiger partial charge in [0.15, 0.2) is 5.78 Å². The molecule has 1 aromatic rings. The number of rotatable bonds is 8. The highest BCUT2D eigenvalue weighted by atomic mass is 16.2. The fourth-order valence-corrected chi connectivity index (χ4v) is 3.39. The Morgan fingerprint density at radius 1 is 1.15 bits per heavy atom. The van der Waals surface area contributed by atoms with Crippen molar-refractivity contribution in [2.24, 2.45) is 5.92 Å². The monoisotopic (exact) mass is 372 g/mol. The van der Waals surface area contributed by atoms with Crippen LogP contribution in [0.5, 0.6) is 0 Å². The minimum absolute atomic E-state index is 0.00248. The average molecular weight is 373 g/mol. The van der Waals surface area contributed by atoms with Gasteiger partial charge >= 0.3 is 0 Å². The fourth-order valence-electron chi connectivity index (χ4n) is 3.39. The molecule has 1 N–H and O–H groups in total. The zero-order valence-corrected chi connectivity index (χ0v) is 16.8. The first-order valence-electron chi connectivity index (χ1n) is 10.1. The van der Waals surface area contributed by atoms with Crippen molar-refractivity contribution in [3.05, 3.63) is 34.9 Å². The molecule has 1 atom stereocenters. The third kappa shape index (κ3) is 6.19. The number of likely N-dealkylation sites (tertiary alicyclic amines) is 1. The van der Waals surface area contributed by atoms with E-state index in [9.17, 15) is 14.4 Å². The molecule has 1 unspecified atom stereocenters. The number of ketones is 1. The van der Waals surface area contributed by atoms with E-state index >= 15 is 0 Å². The summed E-state index contributed by atoms with van der Waals surface area (Å²) < 4.78 is 0. The van der Waals surface area contributed by atoms with Gasteiger partial charge in [-0.2, -0.15) is 0 Å². The van der Waals surface area contributed by atoms with Crippen LogP contribution in [0.3, 0.4) is 0 Å². The van der Waals surface area contributed by atoms with E-state index < -0.39 is 0 Å². The highest BCUT2D eigenvalue weighted by molar-refractivity contribution is 5.98. The molecule has 0 aliphatic carbocycles. The van der Waals surface area contributed by atoms with E-state index in [2.05, 4.69) is 12.2 Å². The second kappa shape index (κ2) is 10.2. The van der Waals surface area contributed by atoms with Gasteiger partial charge in [0, 0.05) is 38.0 Å². The summed E-state index contributed by atoms with van der Waals surface area (Å²) in [7, 11) is 0. The Morgan fingerprint density at radius 3 is 2.63 bits per heavy atom. The van der Waals surface area contributed by atoms with E-state index in [4.69, 9.17) is 0 Å². The van der Waals surface area contributed by atoms with Crippen LogP contribution in [0.4, 0.5) is 0 Å². The zero-order chi connectivity index (χ0) is 19.8. The predicted octanol–water partition coefficient (Wildman–Crippen LogP) is 3.42. The lowest BCUT2D eigenvalue weighted by Crippen LogP contribution is -2.45. The molecule has 0 aromatic heterocycles. The topological polar surface area (TPSA) is 66.5 Å². The van der Waals surface area contributed by atoms with Gasteiger partial charge < -0.3 is 10.2 Å². The van der Waals surface area contributed by atoms with Gasteiger partial charge in [0.2, 0.25) is 11.8 Å². The third-order valence-corrected chi connectivity index (χ3v) is 5.37. The Hall–Kier alpha value is -2.17. The van der Waals surface area contributed by atoms with Gasteiger partial charge in [-0.15, -0.1) is 0 Å². The normalized spacial score (nSPS) is 16.9. The Labute approximate surface area is 162 Å². The number of carbonyl (C=O) groups excluding carboxylic acids is 3. The van der Waals surface area contributed by atoms with Gasteiger partial charge in [-0.3, -0.25) is 14.4 Å². The summed E-state index contributed by atoms with van der Waals surface area (Å²) in [4.78, 5) is 38.9. The number of unbranched alkanes of at least 4 members (excludes halogenated alkanes) is 1. The Balaban J connectivity index is 1.83. The summed E-state index contributed by atoms with van der Waals surface area (Å²) in [6, 6.07) is 5.66. The summed E-state index contributed by atoms with van der Waals surface area (Å²) in [6.07, 6.45) is 4.10. The van der Waals surface area contributed by atoms with Crippen molar-refractivity contribution in [1.29, 1.82) is 0 Å². The van der Waals surface area contributed by atoms with Crippen LogP contribution in [0.25, 0.3) is 0 Å². The van der Waals surface area contributed by atoms with Crippen LogP contribution in [-0.2, 0) is 9.59 Å². The molecule has 27 heavy (non-hydrogen) atoms. The Morgan fingerprint density at radius 2 is 1.93 bits per heavy atom. The molecule has 0 spiro atoms. The number of aryl methyl sites for hydroxylation is 2. The molecule has 148 valence electrons. The largest absolute Gasteiger partial charge is 0.356 e. The van der Waals surface area contributed by atoms with Crippen LogP contribution in [0.2, 0.25) is 0 Å². The molecule has 0 radical (unpaired) electrons. The summed E-state index contributed by atoms with van der Waals surface area (Å²) in [6.45, 7) is 7.93. The van der Waals surface area contributed by atoms with Gasteiger partial charge in [0.25, 0.3) is 0 Å². The molecule has 1 aliphatic heterocycles. The molecule has 1 fully saturated rings.